The van der Waals surface area contributed by atoms with Crippen LogP contribution in [-0.2, 0) is 28.5 Å². The number of rotatable bonds is 10. The van der Waals surface area contributed by atoms with Crippen LogP contribution in [0.4, 0.5) is 0 Å². The van der Waals surface area contributed by atoms with Crippen molar-refractivity contribution in [2.45, 2.75) is 110 Å². The number of carboxylic acids is 1. The summed E-state index contributed by atoms with van der Waals surface area (Å²) in [5, 5.41) is 138. The van der Waals surface area contributed by atoms with E-state index in [4.69, 9.17) is 24.7 Å². The minimum Gasteiger partial charge on any atom is -0.547 e. The monoisotopic (exact) mass is 655 g/mol. The van der Waals surface area contributed by atoms with E-state index in [0.717, 1.165) is 0 Å². The van der Waals surface area contributed by atoms with Crippen LogP contribution in [0.25, 0.3) is 0 Å². The smallest absolute Gasteiger partial charge is 0.547 e. The van der Waals surface area contributed by atoms with Gasteiger partial charge in [-0.3, -0.25) is 4.79 Å². The number of carboxylic acid groups (broad SMARTS) is 1. The summed E-state index contributed by atoms with van der Waals surface area (Å²) in [4.78, 5) is 25.6. The van der Waals surface area contributed by atoms with Gasteiger partial charge in [0.15, 0.2) is 17.7 Å². The fourth-order valence-electron chi connectivity index (χ4n) is 5.63. The molecule has 0 radical (unpaired) electrons. The Morgan fingerprint density at radius 3 is 2.02 bits per heavy atom. The zero-order valence-electron chi connectivity index (χ0n) is 23.6. The third-order valence-electron chi connectivity index (χ3n) is 8.25. The van der Waals surface area contributed by atoms with Crippen molar-refractivity contribution in [1.29, 1.82) is 0 Å². The molecule has 3 aliphatic heterocycles. The summed E-state index contributed by atoms with van der Waals surface area (Å²) in [5.74, 6) is -8.15. The van der Waals surface area contributed by atoms with Crippen LogP contribution in [0, 0.1) is 0 Å². The predicted molar refractivity (Wildman–Crippen MR) is 127 cm³/mol. The summed E-state index contributed by atoms with van der Waals surface area (Å²) in [6.45, 7) is -2.78. The van der Waals surface area contributed by atoms with Gasteiger partial charge in [0.1, 0.15) is 61.0 Å². The Labute approximate surface area is 271 Å². The van der Waals surface area contributed by atoms with Crippen LogP contribution in [-0.4, -0.2) is 189 Å². The molecule has 0 aromatic heterocycles. The molecule has 3 fully saturated rings. The van der Waals surface area contributed by atoms with Gasteiger partial charge in [0.25, 0.3) is 0 Å². The summed E-state index contributed by atoms with van der Waals surface area (Å²) in [5.41, 5.74) is -1.64. The Hall–Kier alpha value is -0.540. The van der Waals surface area contributed by atoms with Gasteiger partial charge in [-0.15, -0.1) is 0 Å². The van der Waals surface area contributed by atoms with E-state index in [2.05, 4.69) is 0 Å². The van der Waals surface area contributed by atoms with Crippen molar-refractivity contribution in [3.05, 3.63) is 0 Å². The number of hydrogen-bond donors (Lipinski definition) is 13. The molecule has 3 aliphatic rings. The Kier molecular flexibility index (Phi) is 13.2. The second kappa shape index (κ2) is 14.7. The number of nitrogens with two attached hydrogens (primary N) is 1. The first-order chi connectivity index (χ1) is 19.9. The zero-order valence-corrected chi connectivity index (χ0v) is 25.6. The normalized spacial score (nSPS) is 47.7. The molecular formula is C23H38NNaO19. The average Bonchev–Trinajstić information content (AvgIpc) is 2.97. The van der Waals surface area contributed by atoms with E-state index in [1.54, 1.807) is 0 Å². The number of ether oxygens (including phenoxy) is 4. The Morgan fingerprint density at radius 2 is 1.55 bits per heavy atom. The second-order valence-electron chi connectivity index (χ2n) is 10.8. The van der Waals surface area contributed by atoms with Crippen LogP contribution >= 0.6 is 0 Å². The first-order valence-corrected chi connectivity index (χ1v) is 13.1. The van der Waals surface area contributed by atoms with Gasteiger partial charge in [-0.2, -0.15) is 0 Å². The maximum Gasteiger partial charge on any atom is 1.00 e. The maximum absolute atomic E-state index is 12.9. The van der Waals surface area contributed by atoms with E-state index in [1.165, 1.54) is 0 Å². The van der Waals surface area contributed by atoms with Crippen molar-refractivity contribution in [2.24, 2.45) is 5.73 Å². The topological polar surface area (TPSA) is 363 Å². The molecule has 3 rings (SSSR count). The van der Waals surface area contributed by atoms with E-state index in [1.807, 2.05) is 0 Å². The molecule has 0 aromatic carbocycles. The third-order valence-corrected chi connectivity index (χ3v) is 8.25. The summed E-state index contributed by atoms with van der Waals surface area (Å²) in [6, 6.07) is -1.72. The predicted octanol–water partition coefficient (Wildman–Crippen LogP) is -13.4. The van der Waals surface area contributed by atoms with Crippen molar-refractivity contribution < 1.29 is 124 Å². The molecule has 20 nitrogen and oxygen atoms in total. The molecule has 44 heavy (non-hydrogen) atoms. The van der Waals surface area contributed by atoms with Gasteiger partial charge in [0.05, 0.1) is 37.9 Å². The number of aliphatic hydroxyl groups is 12. The van der Waals surface area contributed by atoms with Crippen LogP contribution in [0.5, 0.6) is 0 Å². The van der Waals surface area contributed by atoms with E-state index in [-0.39, 0.29) is 29.6 Å². The summed E-state index contributed by atoms with van der Waals surface area (Å²) in [7, 11) is 0. The number of aliphatic hydroxyl groups excluding tert-OH is 10. The standard InChI is InChI=1S/C23H39NO19.Na/c1-6(28)22(38)18(35)16(41-19-15(34)14(33)13(32)9(4-26)40-19)10(5-27)42-23(22,39)21(20(36)37)2-7(29)11(24)17(43-21)12(31)8(30)3-25;/h7-19,25-27,29-35,38-39H,2-5,24H2,1H3,(H,36,37);/q;+1/p-1/t7-,8+,9+,10+,11+,12+,13-,14-,15+,16+,17+,18-,19-,21?,22+,23?;/m0./s1. The number of carbonyl (C=O) groups excluding carboxylic acids is 2. The summed E-state index contributed by atoms with van der Waals surface area (Å²) >= 11 is 0. The van der Waals surface area contributed by atoms with Crippen LogP contribution in [0.1, 0.15) is 13.3 Å². The van der Waals surface area contributed by atoms with Gasteiger partial charge in [-0.25, -0.2) is 0 Å². The summed E-state index contributed by atoms with van der Waals surface area (Å²) < 4.78 is 21.2. The minimum atomic E-state index is -4.02. The molecule has 2 unspecified atom stereocenters. The Bertz CT molecular complexity index is 1010. The molecule has 0 spiro atoms. The van der Waals surface area contributed by atoms with E-state index in [0.29, 0.717) is 6.92 Å². The van der Waals surface area contributed by atoms with E-state index >= 15 is 0 Å². The largest absolute Gasteiger partial charge is 1.00 e. The Morgan fingerprint density at radius 1 is 0.977 bits per heavy atom. The molecule has 0 bridgehead atoms. The second-order valence-corrected chi connectivity index (χ2v) is 10.8. The fourth-order valence-corrected chi connectivity index (χ4v) is 5.63. The Balaban J connectivity index is 0.00000675. The molecule has 3 saturated heterocycles. The third kappa shape index (κ3) is 6.22. The zero-order chi connectivity index (χ0) is 32.8. The van der Waals surface area contributed by atoms with Crippen molar-refractivity contribution in [3.8, 4) is 0 Å². The van der Waals surface area contributed by atoms with E-state index in [9.17, 15) is 76.0 Å². The molecule has 0 saturated carbocycles. The fraction of sp³-hybridized carbons (Fsp3) is 0.913. The van der Waals surface area contributed by atoms with Crippen LogP contribution in [0.2, 0.25) is 0 Å². The summed E-state index contributed by atoms with van der Waals surface area (Å²) in [6.07, 6.45) is -26.6. The molecule has 14 N–H and O–H groups in total. The molecular weight excluding hydrogens is 617 g/mol. The molecule has 0 aliphatic carbocycles. The van der Waals surface area contributed by atoms with Crippen LogP contribution in [0.15, 0.2) is 0 Å². The van der Waals surface area contributed by atoms with Gasteiger partial charge in [-0.1, -0.05) is 0 Å². The van der Waals surface area contributed by atoms with Crippen molar-refractivity contribution in [3.63, 3.8) is 0 Å². The molecule has 0 amide bonds. The van der Waals surface area contributed by atoms with Gasteiger partial charge >= 0.3 is 29.6 Å². The molecule has 21 heteroatoms. The van der Waals surface area contributed by atoms with Gasteiger partial charge < -0.3 is 95.9 Å². The molecule has 250 valence electrons. The number of ketones is 1. The maximum atomic E-state index is 12.9. The molecule has 0 aromatic rings. The minimum absolute atomic E-state index is 0. The van der Waals surface area contributed by atoms with Crippen molar-refractivity contribution in [2.75, 3.05) is 19.8 Å². The number of carbonyl (C=O) groups is 2. The van der Waals surface area contributed by atoms with Crippen molar-refractivity contribution in [1.82, 2.24) is 0 Å². The first-order valence-electron chi connectivity index (χ1n) is 13.1. The number of Topliss-reactive ketones (excluding diaryl/α,β-unsaturated/α-hetero) is 1. The van der Waals surface area contributed by atoms with Crippen molar-refractivity contribution >= 4 is 11.8 Å². The first kappa shape index (κ1) is 39.6. The van der Waals surface area contributed by atoms with Gasteiger partial charge in [-0.05, 0) is 6.92 Å². The van der Waals surface area contributed by atoms with Crippen LogP contribution < -0.4 is 40.4 Å². The average molecular weight is 656 g/mol. The quantitative estimate of drug-likeness (QED) is 0.0971. The van der Waals surface area contributed by atoms with Gasteiger partial charge in [0.2, 0.25) is 11.4 Å². The van der Waals surface area contributed by atoms with E-state index < -0.39 is 134 Å². The number of aliphatic carboxylic acids is 1. The van der Waals surface area contributed by atoms with Gasteiger partial charge in [0, 0.05) is 6.42 Å². The van der Waals surface area contributed by atoms with Crippen LogP contribution in [0.3, 0.4) is 0 Å². The SMILES string of the molecule is CC(=O)[C@@]1(O)[C@@H](O)[C@H](O[C@@H]2O[C@H](CO)[C@H](O)[C@H](O)[C@H]2O)[C@@H](CO)OC1(O)C1(C(=O)[O-])C[C@H](O)[C@@H](N)[C@H]([C@H](O)[C@H](O)CO)O1.[Na+]. The number of hydrogen-bond acceptors (Lipinski definition) is 20. The molecule has 3 heterocycles. The molecule has 16 atom stereocenters.